The number of hydrogen-bond acceptors (Lipinski definition) is 4. The molecule has 0 unspecified atom stereocenters. The summed E-state index contributed by atoms with van der Waals surface area (Å²) in [5.41, 5.74) is -0.222. The lowest BCUT2D eigenvalue weighted by Gasteiger charge is -2.44. The Labute approximate surface area is 139 Å². The predicted molar refractivity (Wildman–Crippen MR) is 88.2 cm³/mol. The minimum Gasteiger partial charge on any atom is -0.497 e. The average molecular weight is 326 g/mol. The molecule has 1 saturated heterocycles. The van der Waals surface area contributed by atoms with Crippen molar-refractivity contribution in [3.63, 3.8) is 0 Å². The van der Waals surface area contributed by atoms with Crippen LogP contribution in [0.25, 0.3) is 10.8 Å². The van der Waals surface area contributed by atoms with E-state index in [2.05, 4.69) is 5.32 Å². The van der Waals surface area contributed by atoms with Gasteiger partial charge in [0.2, 0.25) is 6.41 Å². The molecule has 2 aromatic rings. The van der Waals surface area contributed by atoms with Crippen LogP contribution in [0.2, 0.25) is 0 Å². The molecule has 6 nitrogen and oxygen atoms in total. The number of nitrogens with one attached hydrogen (secondary N) is 1. The highest BCUT2D eigenvalue weighted by atomic mass is 16.5. The fraction of sp³-hybridized carbons (Fsp3) is 0.333. The molecule has 0 aromatic heterocycles. The van der Waals surface area contributed by atoms with Gasteiger partial charge in [-0.25, -0.2) is 0 Å². The summed E-state index contributed by atoms with van der Waals surface area (Å²) in [5, 5.41) is 4.84. The van der Waals surface area contributed by atoms with Crippen LogP contribution in [0.5, 0.6) is 11.5 Å². The van der Waals surface area contributed by atoms with Gasteiger partial charge >= 0.3 is 0 Å². The molecule has 2 heterocycles. The number of ether oxygens (including phenoxy) is 2. The standard InChI is InChI=1S/C18H18N2O4/c1-23-13-4-2-12-3-5-14-16(15(12)10-13)24-18(19-17(14)22)6-8-20(11-21)9-7-18/h2-5,10-11H,6-9H2,1H3,(H,19,22). The number of methoxy groups -OCH3 is 1. The highest BCUT2D eigenvalue weighted by Gasteiger charge is 2.42. The number of piperidine rings is 1. The van der Waals surface area contributed by atoms with Gasteiger partial charge in [0, 0.05) is 31.3 Å². The first-order valence-electron chi connectivity index (χ1n) is 7.96. The summed E-state index contributed by atoms with van der Waals surface area (Å²) >= 11 is 0. The molecular weight excluding hydrogens is 308 g/mol. The zero-order valence-electron chi connectivity index (χ0n) is 13.4. The molecule has 0 aliphatic carbocycles. The van der Waals surface area contributed by atoms with Crippen LogP contribution in [0.1, 0.15) is 23.2 Å². The first-order chi connectivity index (χ1) is 11.6. The molecule has 0 saturated carbocycles. The topological polar surface area (TPSA) is 67.9 Å². The van der Waals surface area contributed by atoms with E-state index in [4.69, 9.17) is 9.47 Å². The number of rotatable bonds is 2. The Morgan fingerprint density at radius 2 is 2.00 bits per heavy atom. The summed E-state index contributed by atoms with van der Waals surface area (Å²) in [7, 11) is 1.61. The Bertz CT molecular complexity index is 825. The van der Waals surface area contributed by atoms with Crippen molar-refractivity contribution in [1.82, 2.24) is 10.2 Å². The number of carbonyl (C=O) groups is 2. The van der Waals surface area contributed by atoms with Crippen LogP contribution in [0, 0.1) is 0 Å². The molecule has 2 aromatic carbocycles. The molecule has 2 amide bonds. The van der Waals surface area contributed by atoms with Gasteiger partial charge in [0.15, 0.2) is 5.72 Å². The van der Waals surface area contributed by atoms with E-state index in [9.17, 15) is 9.59 Å². The van der Waals surface area contributed by atoms with Crippen molar-refractivity contribution in [2.75, 3.05) is 20.2 Å². The third-order valence-corrected chi connectivity index (χ3v) is 4.82. The Hall–Kier alpha value is -2.76. The number of carbonyl (C=O) groups excluding carboxylic acids is 2. The lowest BCUT2D eigenvalue weighted by molar-refractivity contribution is -0.122. The molecule has 124 valence electrons. The third-order valence-electron chi connectivity index (χ3n) is 4.82. The van der Waals surface area contributed by atoms with E-state index in [1.807, 2.05) is 24.3 Å². The lowest BCUT2D eigenvalue weighted by atomic mass is 9.95. The zero-order valence-corrected chi connectivity index (χ0v) is 13.4. The molecule has 1 fully saturated rings. The zero-order chi connectivity index (χ0) is 16.7. The molecule has 0 radical (unpaired) electrons. The summed E-state index contributed by atoms with van der Waals surface area (Å²) in [6.07, 6.45) is 1.97. The van der Waals surface area contributed by atoms with Crippen molar-refractivity contribution in [3.05, 3.63) is 35.9 Å². The number of nitrogens with zero attached hydrogens (tertiary/aromatic N) is 1. The fourth-order valence-corrected chi connectivity index (χ4v) is 3.40. The normalized spacial score (nSPS) is 18.7. The largest absolute Gasteiger partial charge is 0.497 e. The summed E-state index contributed by atoms with van der Waals surface area (Å²) < 4.78 is 11.6. The molecular formula is C18H18N2O4. The smallest absolute Gasteiger partial charge is 0.258 e. The SMILES string of the molecule is COc1ccc2ccc3c(c2c1)OC1(CCN(C=O)CC1)NC3=O. The predicted octanol–water partition coefficient (Wildman–Crippen LogP) is 1.92. The molecule has 6 heteroatoms. The van der Waals surface area contributed by atoms with E-state index < -0.39 is 5.72 Å². The van der Waals surface area contributed by atoms with Gasteiger partial charge in [-0.3, -0.25) is 9.59 Å². The maximum atomic E-state index is 12.6. The summed E-state index contributed by atoms with van der Waals surface area (Å²) in [4.78, 5) is 25.2. The van der Waals surface area contributed by atoms with E-state index in [0.717, 1.165) is 22.9 Å². The van der Waals surface area contributed by atoms with E-state index in [0.29, 0.717) is 37.2 Å². The number of benzene rings is 2. The van der Waals surface area contributed by atoms with E-state index in [1.165, 1.54) is 0 Å². The van der Waals surface area contributed by atoms with Gasteiger partial charge < -0.3 is 19.7 Å². The van der Waals surface area contributed by atoms with Crippen molar-refractivity contribution in [2.24, 2.45) is 0 Å². The number of likely N-dealkylation sites (tertiary alicyclic amines) is 1. The van der Waals surface area contributed by atoms with Crippen LogP contribution >= 0.6 is 0 Å². The molecule has 2 aliphatic rings. The second-order valence-corrected chi connectivity index (χ2v) is 6.22. The molecule has 0 bridgehead atoms. The fourth-order valence-electron chi connectivity index (χ4n) is 3.40. The van der Waals surface area contributed by atoms with Crippen molar-refractivity contribution >= 4 is 23.1 Å². The van der Waals surface area contributed by atoms with Crippen LogP contribution < -0.4 is 14.8 Å². The first kappa shape index (κ1) is 14.8. The molecule has 4 rings (SSSR count). The highest BCUT2D eigenvalue weighted by molar-refractivity contribution is 6.05. The number of amides is 2. The van der Waals surface area contributed by atoms with Gasteiger partial charge in [-0.1, -0.05) is 12.1 Å². The van der Waals surface area contributed by atoms with Crippen molar-refractivity contribution in [3.8, 4) is 11.5 Å². The van der Waals surface area contributed by atoms with Crippen molar-refractivity contribution in [2.45, 2.75) is 18.6 Å². The first-order valence-corrected chi connectivity index (χ1v) is 7.96. The van der Waals surface area contributed by atoms with Crippen molar-refractivity contribution < 1.29 is 19.1 Å². The summed E-state index contributed by atoms with van der Waals surface area (Å²) in [6, 6.07) is 9.42. The van der Waals surface area contributed by atoms with E-state index in [1.54, 1.807) is 18.1 Å². The quantitative estimate of drug-likeness (QED) is 0.856. The lowest BCUT2D eigenvalue weighted by Crippen LogP contribution is -2.60. The van der Waals surface area contributed by atoms with Gasteiger partial charge in [0.1, 0.15) is 11.5 Å². The van der Waals surface area contributed by atoms with Gasteiger partial charge in [0.25, 0.3) is 5.91 Å². The number of hydrogen-bond donors (Lipinski definition) is 1. The number of fused-ring (bicyclic) bond motifs is 3. The highest BCUT2D eigenvalue weighted by Crippen LogP contribution is 2.39. The van der Waals surface area contributed by atoms with E-state index >= 15 is 0 Å². The van der Waals surface area contributed by atoms with Crippen LogP contribution in [0.15, 0.2) is 30.3 Å². The van der Waals surface area contributed by atoms with Gasteiger partial charge in [-0.15, -0.1) is 0 Å². The average Bonchev–Trinajstić information content (AvgIpc) is 2.62. The molecule has 24 heavy (non-hydrogen) atoms. The Kier molecular flexibility index (Phi) is 3.33. The monoisotopic (exact) mass is 326 g/mol. The molecule has 1 N–H and O–H groups in total. The van der Waals surface area contributed by atoms with Crippen LogP contribution in [0.4, 0.5) is 0 Å². The maximum absolute atomic E-state index is 12.6. The summed E-state index contributed by atoms with van der Waals surface area (Å²) in [6.45, 7) is 1.13. The van der Waals surface area contributed by atoms with Crippen LogP contribution in [0.3, 0.4) is 0 Å². The minimum absolute atomic E-state index is 0.138. The van der Waals surface area contributed by atoms with Crippen molar-refractivity contribution in [1.29, 1.82) is 0 Å². The molecule has 1 spiro atoms. The minimum atomic E-state index is -0.749. The Morgan fingerprint density at radius 1 is 1.25 bits per heavy atom. The second-order valence-electron chi connectivity index (χ2n) is 6.22. The summed E-state index contributed by atoms with van der Waals surface area (Å²) in [5.74, 6) is 1.17. The third kappa shape index (κ3) is 2.26. The van der Waals surface area contributed by atoms with Crippen LogP contribution in [-0.2, 0) is 4.79 Å². The van der Waals surface area contributed by atoms with Crippen LogP contribution in [-0.4, -0.2) is 43.1 Å². The van der Waals surface area contributed by atoms with Gasteiger partial charge in [-0.2, -0.15) is 0 Å². The maximum Gasteiger partial charge on any atom is 0.258 e. The Balaban J connectivity index is 1.79. The second kappa shape index (κ2) is 5.40. The Morgan fingerprint density at radius 3 is 2.71 bits per heavy atom. The van der Waals surface area contributed by atoms with Gasteiger partial charge in [-0.05, 0) is 23.6 Å². The van der Waals surface area contributed by atoms with E-state index in [-0.39, 0.29) is 5.91 Å². The molecule has 2 aliphatic heterocycles. The van der Waals surface area contributed by atoms with Gasteiger partial charge in [0.05, 0.1) is 12.7 Å². The molecule has 0 atom stereocenters.